The molecule has 4 aromatic carbocycles. The largest absolute Gasteiger partial charge is 0.350 e. The molecule has 0 bridgehead atoms. The van der Waals surface area contributed by atoms with Crippen molar-refractivity contribution in [2.75, 3.05) is 10.8 Å². The van der Waals surface area contributed by atoms with E-state index in [1.807, 2.05) is 82.3 Å². The first kappa shape index (κ1) is 34.2. The first-order valence-electron chi connectivity index (χ1n) is 14.5. The van der Waals surface area contributed by atoms with E-state index in [0.717, 1.165) is 25.5 Å². The van der Waals surface area contributed by atoms with E-state index in [1.165, 1.54) is 23.1 Å². The summed E-state index contributed by atoms with van der Waals surface area (Å²) >= 11 is 9.90. The average molecular weight is 711 g/mol. The molecule has 1 N–H and O–H groups in total. The van der Waals surface area contributed by atoms with Gasteiger partial charge in [0, 0.05) is 28.0 Å². The normalized spacial score (nSPS) is 12.3. The number of carbonyl (C=O) groups is 2. The Hall–Kier alpha value is -3.66. The molecule has 4 rings (SSSR count). The molecule has 0 aromatic heterocycles. The molecule has 0 fully saturated rings. The second-order valence-electron chi connectivity index (χ2n) is 11.9. The highest BCUT2D eigenvalue weighted by molar-refractivity contribution is 9.10. The van der Waals surface area contributed by atoms with E-state index in [1.54, 1.807) is 30.3 Å². The number of nitrogens with one attached hydrogen (secondary N) is 1. The molecule has 2 amide bonds. The van der Waals surface area contributed by atoms with Gasteiger partial charge in [-0.05, 0) is 80.8 Å². The summed E-state index contributed by atoms with van der Waals surface area (Å²) in [5, 5.41) is 3.40. The molecule has 0 unspecified atom stereocenters. The third-order valence-electron chi connectivity index (χ3n) is 7.09. The van der Waals surface area contributed by atoms with Crippen LogP contribution in [0.4, 0.5) is 5.69 Å². The topological polar surface area (TPSA) is 86.8 Å². The van der Waals surface area contributed by atoms with Crippen LogP contribution in [0.25, 0.3) is 0 Å². The van der Waals surface area contributed by atoms with Crippen molar-refractivity contribution >= 4 is 55.1 Å². The Morgan fingerprint density at radius 3 is 2.04 bits per heavy atom. The molecule has 0 radical (unpaired) electrons. The average Bonchev–Trinajstić information content (AvgIpc) is 3.00. The van der Waals surface area contributed by atoms with Crippen molar-refractivity contribution in [3.8, 4) is 0 Å². The van der Waals surface area contributed by atoms with Crippen LogP contribution in [0.5, 0.6) is 0 Å². The van der Waals surface area contributed by atoms with Crippen LogP contribution in [0.2, 0.25) is 5.02 Å². The fourth-order valence-electron chi connectivity index (χ4n) is 4.78. The number of hydrogen-bond donors (Lipinski definition) is 1. The summed E-state index contributed by atoms with van der Waals surface area (Å²) in [6, 6.07) is 28.8. The van der Waals surface area contributed by atoms with E-state index in [0.29, 0.717) is 5.02 Å². The molecule has 0 aliphatic rings. The molecule has 45 heavy (non-hydrogen) atoms. The van der Waals surface area contributed by atoms with Crippen LogP contribution in [0.1, 0.15) is 37.5 Å². The van der Waals surface area contributed by atoms with Gasteiger partial charge in [0.25, 0.3) is 10.0 Å². The van der Waals surface area contributed by atoms with Crippen molar-refractivity contribution in [2.45, 2.75) is 57.1 Å². The molecular formula is C35H37BrClN3O4S. The van der Waals surface area contributed by atoms with Crippen LogP contribution in [-0.2, 0) is 32.6 Å². The van der Waals surface area contributed by atoms with Crippen LogP contribution in [-0.4, -0.2) is 43.3 Å². The molecule has 1 atom stereocenters. The zero-order valence-electron chi connectivity index (χ0n) is 25.7. The first-order chi connectivity index (χ1) is 21.2. The molecule has 10 heteroatoms. The zero-order valence-corrected chi connectivity index (χ0v) is 28.9. The van der Waals surface area contributed by atoms with Crippen LogP contribution >= 0.6 is 27.5 Å². The van der Waals surface area contributed by atoms with Crippen molar-refractivity contribution in [3.63, 3.8) is 0 Å². The summed E-state index contributed by atoms with van der Waals surface area (Å²) in [7, 11) is -4.20. The molecule has 0 saturated carbocycles. The van der Waals surface area contributed by atoms with Crippen molar-refractivity contribution < 1.29 is 18.0 Å². The summed E-state index contributed by atoms with van der Waals surface area (Å²) in [5.41, 5.74) is 2.08. The van der Waals surface area contributed by atoms with Gasteiger partial charge in [-0.1, -0.05) is 94.3 Å². The fourth-order valence-corrected chi connectivity index (χ4v) is 6.64. The zero-order chi connectivity index (χ0) is 32.8. The van der Waals surface area contributed by atoms with Crippen LogP contribution in [0, 0.1) is 6.92 Å². The Morgan fingerprint density at radius 1 is 0.867 bits per heavy atom. The monoisotopic (exact) mass is 709 g/mol. The van der Waals surface area contributed by atoms with Gasteiger partial charge < -0.3 is 10.2 Å². The number of carbonyl (C=O) groups excluding carboxylic acids is 2. The standard InChI is InChI=1S/C35H37BrClN3O4S/c1-25-15-20-29(22-31(25)37)40(45(43,44)30-13-9-6-10-14-30)24-33(41)39(23-27-16-18-28(36)19-17-27)32(34(42)38-35(2,3)4)21-26-11-7-5-8-12-26/h5-20,22,32H,21,23-24H2,1-4H3,(H,38,42)/t32-/m1/s1. The highest BCUT2D eigenvalue weighted by Crippen LogP contribution is 2.29. The summed E-state index contributed by atoms with van der Waals surface area (Å²) in [5.74, 6) is -0.883. The van der Waals surface area contributed by atoms with Crippen molar-refractivity contribution in [1.82, 2.24) is 10.2 Å². The molecule has 0 saturated heterocycles. The lowest BCUT2D eigenvalue weighted by atomic mass is 10.0. The maximum Gasteiger partial charge on any atom is 0.264 e. The number of rotatable bonds is 11. The van der Waals surface area contributed by atoms with Gasteiger partial charge in [0.05, 0.1) is 10.6 Å². The summed E-state index contributed by atoms with van der Waals surface area (Å²) in [6.07, 6.45) is 0.229. The number of halogens is 2. The number of hydrogen-bond acceptors (Lipinski definition) is 4. The van der Waals surface area contributed by atoms with E-state index in [-0.39, 0.29) is 29.5 Å². The van der Waals surface area contributed by atoms with Gasteiger partial charge in [0.2, 0.25) is 11.8 Å². The minimum atomic E-state index is -4.20. The van der Waals surface area contributed by atoms with Crippen molar-refractivity contribution in [3.05, 3.63) is 129 Å². The van der Waals surface area contributed by atoms with E-state index in [4.69, 9.17) is 11.6 Å². The second kappa shape index (κ2) is 14.6. The van der Waals surface area contributed by atoms with Gasteiger partial charge in [0.15, 0.2) is 0 Å². The lowest BCUT2D eigenvalue weighted by molar-refractivity contribution is -0.140. The summed E-state index contributed by atoms with van der Waals surface area (Å²) in [6.45, 7) is 6.97. The van der Waals surface area contributed by atoms with Gasteiger partial charge in [-0.2, -0.15) is 0 Å². The van der Waals surface area contributed by atoms with E-state index >= 15 is 0 Å². The smallest absolute Gasteiger partial charge is 0.264 e. The summed E-state index contributed by atoms with van der Waals surface area (Å²) in [4.78, 5) is 30.0. The first-order valence-corrected chi connectivity index (χ1v) is 17.1. The predicted octanol–water partition coefficient (Wildman–Crippen LogP) is 7.16. The Labute approximate surface area is 279 Å². The van der Waals surface area contributed by atoms with Crippen LogP contribution in [0.15, 0.2) is 112 Å². The molecule has 0 aliphatic carbocycles. The van der Waals surface area contributed by atoms with Crippen molar-refractivity contribution in [2.24, 2.45) is 0 Å². The molecule has 7 nitrogen and oxygen atoms in total. The Bertz CT molecular complexity index is 1730. The minimum Gasteiger partial charge on any atom is -0.350 e. The molecular weight excluding hydrogens is 674 g/mol. The minimum absolute atomic E-state index is 0.0280. The van der Waals surface area contributed by atoms with Gasteiger partial charge in [-0.15, -0.1) is 0 Å². The Morgan fingerprint density at radius 2 is 1.47 bits per heavy atom. The SMILES string of the molecule is Cc1ccc(N(CC(=O)N(Cc2ccc(Br)cc2)[C@H](Cc2ccccc2)C(=O)NC(C)(C)C)S(=O)(=O)c2ccccc2)cc1Cl. The highest BCUT2D eigenvalue weighted by atomic mass is 79.9. The molecule has 0 heterocycles. The van der Waals surface area contributed by atoms with Gasteiger partial charge >= 0.3 is 0 Å². The van der Waals surface area contributed by atoms with Gasteiger partial charge in [0.1, 0.15) is 12.6 Å². The van der Waals surface area contributed by atoms with Gasteiger partial charge in [-0.25, -0.2) is 8.42 Å². The van der Waals surface area contributed by atoms with Crippen molar-refractivity contribution in [1.29, 1.82) is 0 Å². The fraction of sp³-hybridized carbons (Fsp3) is 0.257. The highest BCUT2D eigenvalue weighted by Gasteiger charge is 2.35. The molecule has 236 valence electrons. The lowest BCUT2D eigenvalue weighted by Crippen LogP contribution is -2.56. The lowest BCUT2D eigenvalue weighted by Gasteiger charge is -2.35. The number of anilines is 1. The van der Waals surface area contributed by atoms with E-state index in [9.17, 15) is 18.0 Å². The van der Waals surface area contributed by atoms with E-state index < -0.39 is 34.1 Å². The van der Waals surface area contributed by atoms with Gasteiger partial charge in [-0.3, -0.25) is 13.9 Å². The Balaban J connectivity index is 1.82. The maximum atomic E-state index is 14.5. The molecule has 4 aromatic rings. The van der Waals surface area contributed by atoms with E-state index in [2.05, 4.69) is 21.2 Å². The molecule has 0 spiro atoms. The maximum absolute atomic E-state index is 14.5. The number of nitrogens with zero attached hydrogens (tertiary/aromatic N) is 2. The third-order valence-corrected chi connectivity index (χ3v) is 9.81. The Kier molecular flexibility index (Phi) is 11.1. The molecule has 0 aliphatic heterocycles. The number of amides is 2. The number of benzene rings is 4. The summed E-state index contributed by atoms with van der Waals surface area (Å²) < 4.78 is 30.1. The third kappa shape index (κ3) is 9.19. The number of sulfonamides is 1. The predicted molar refractivity (Wildman–Crippen MR) is 184 cm³/mol. The quantitative estimate of drug-likeness (QED) is 0.179. The second-order valence-corrected chi connectivity index (χ2v) is 15.0. The number of aryl methyl sites for hydroxylation is 1. The van der Waals surface area contributed by atoms with Crippen LogP contribution in [0.3, 0.4) is 0 Å². The van der Waals surface area contributed by atoms with Crippen LogP contribution < -0.4 is 9.62 Å².